The van der Waals surface area contributed by atoms with Gasteiger partial charge >= 0.3 is 0 Å². The Hall–Kier alpha value is -2.69. The van der Waals surface area contributed by atoms with Crippen LogP contribution in [0.1, 0.15) is 18.7 Å². The van der Waals surface area contributed by atoms with Gasteiger partial charge in [-0.1, -0.05) is 18.2 Å². The van der Waals surface area contributed by atoms with Crippen LogP contribution >= 0.6 is 0 Å². The third-order valence-electron chi connectivity index (χ3n) is 3.35. The zero-order chi connectivity index (χ0) is 14.7. The maximum absolute atomic E-state index is 12.2. The van der Waals surface area contributed by atoms with Crippen LogP contribution in [0, 0.1) is 0 Å². The van der Waals surface area contributed by atoms with Gasteiger partial charge in [-0.25, -0.2) is 4.98 Å². The highest BCUT2D eigenvalue weighted by atomic mass is 16.2. The SMILES string of the molecule is C[C@H](NC(=O)Cn1cnc2ccccc21)c1ccccn1. The summed E-state index contributed by atoms with van der Waals surface area (Å²) in [6.07, 6.45) is 3.41. The second kappa shape index (κ2) is 5.75. The highest BCUT2D eigenvalue weighted by molar-refractivity contribution is 5.80. The van der Waals surface area contributed by atoms with Crippen LogP contribution in [-0.4, -0.2) is 20.4 Å². The Morgan fingerprint density at radius 2 is 2.00 bits per heavy atom. The minimum atomic E-state index is -0.117. The van der Waals surface area contributed by atoms with Crippen molar-refractivity contribution in [3.05, 3.63) is 60.7 Å². The van der Waals surface area contributed by atoms with Crippen LogP contribution in [-0.2, 0) is 11.3 Å². The number of fused-ring (bicyclic) bond motifs is 1. The van der Waals surface area contributed by atoms with E-state index in [9.17, 15) is 4.79 Å². The summed E-state index contributed by atoms with van der Waals surface area (Å²) in [6, 6.07) is 13.3. The molecule has 0 fully saturated rings. The molecule has 0 aliphatic carbocycles. The molecule has 2 heterocycles. The number of amides is 1. The lowest BCUT2D eigenvalue weighted by atomic mass is 10.2. The van der Waals surface area contributed by atoms with Crippen molar-refractivity contribution < 1.29 is 4.79 Å². The van der Waals surface area contributed by atoms with E-state index in [2.05, 4.69) is 15.3 Å². The number of nitrogens with zero attached hydrogens (tertiary/aromatic N) is 3. The molecule has 0 saturated heterocycles. The second-order valence-electron chi connectivity index (χ2n) is 4.90. The Bertz CT molecular complexity index is 751. The van der Waals surface area contributed by atoms with Gasteiger partial charge in [0, 0.05) is 6.20 Å². The first kappa shape index (κ1) is 13.3. The number of carbonyl (C=O) groups excluding carboxylic acids is 1. The quantitative estimate of drug-likeness (QED) is 0.797. The number of aromatic nitrogens is 3. The molecule has 1 atom stereocenters. The zero-order valence-electron chi connectivity index (χ0n) is 11.7. The largest absolute Gasteiger partial charge is 0.346 e. The average molecular weight is 280 g/mol. The molecule has 0 radical (unpaired) electrons. The predicted molar refractivity (Wildman–Crippen MR) is 80.5 cm³/mol. The lowest BCUT2D eigenvalue weighted by Gasteiger charge is -2.13. The molecule has 1 amide bonds. The standard InChI is InChI=1S/C16H16N4O/c1-12(13-6-4-5-9-17-13)19-16(21)10-20-11-18-14-7-2-3-8-15(14)20/h2-9,11-12H,10H2,1H3,(H,19,21)/t12-/m0/s1. The Morgan fingerprint density at radius 3 is 2.81 bits per heavy atom. The van der Waals surface area contributed by atoms with Crippen molar-refractivity contribution in [3.63, 3.8) is 0 Å². The number of pyridine rings is 1. The maximum atomic E-state index is 12.2. The van der Waals surface area contributed by atoms with Crippen molar-refractivity contribution in [2.75, 3.05) is 0 Å². The number of benzene rings is 1. The normalized spacial score (nSPS) is 12.2. The molecule has 1 aromatic carbocycles. The Labute approximate surface area is 122 Å². The van der Waals surface area contributed by atoms with Gasteiger partial charge in [-0.15, -0.1) is 0 Å². The number of imidazole rings is 1. The Balaban J connectivity index is 1.69. The number of hydrogen-bond acceptors (Lipinski definition) is 3. The van der Waals surface area contributed by atoms with E-state index in [4.69, 9.17) is 0 Å². The Kier molecular flexibility index (Phi) is 3.64. The van der Waals surface area contributed by atoms with Crippen molar-refractivity contribution in [2.24, 2.45) is 0 Å². The van der Waals surface area contributed by atoms with Crippen molar-refractivity contribution in [3.8, 4) is 0 Å². The minimum Gasteiger partial charge on any atom is -0.346 e. The van der Waals surface area contributed by atoms with Crippen LogP contribution in [0.4, 0.5) is 0 Å². The van der Waals surface area contributed by atoms with Gasteiger partial charge in [0.15, 0.2) is 0 Å². The highest BCUT2D eigenvalue weighted by Crippen LogP contribution is 2.12. The number of hydrogen-bond donors (Lipinski definition) is 1. The summed E-state index contributed by atoms with van der Waals surface area (Å²) in [5, 5.41) is 2.95. The van der Waals surface area contributed by atoms with E-state index in [-0.39, 0.29) is 18.5 Å². The molecule has 3 rings (SSSR count). The fourth-order valence-corrected chi connectivity index (χ4v) is 2.28. The van der Waals surface area contributed by atoms with E-state index in [1.165, 1.54) is 0 Å². The number of nitrogens with one attached hydrogen (secondary N) is 1. The third-order valence-corrected chi connectivity index (χ3v) is 3.35. The maximum Gasteiger partial charge on any atom is 0.240 e. The van der Waals surface area contributed by atoms with Crippen molar-refractivity contribution >= 4 is 16.9 Å². The monoisotopic (exact) mass is 280 g/mol. The topological polar surface area (TPSA) is 59.8 Å². The molecule has 1 N–H and O–H groups in total. The van der Waals surface area contributed by atoms with Crippen molar-refractivity contribution in [1.29, 1.82) is 0 Å². The molecule has 2 aromatic heterocycles. The summed E-state index contributed by atoms with van der Waals surface area (Å²) in [4.78, 5) is 20.7. The van der Waals surface area contributed by atoms with Gasteiger partial charge in [-0.2, -0.15) is 0 Å². The van der Waals surface area contributed by atoms with Crippen molar-refractivity contribution in [1.82, 2.24) is 19.9 Å². The van der Waals surface area contributed by atoms with Crippen LogP contribution in [0.5, 0.6) is 0 Å². The van der Waals surface area contributed by atoms with Gasteiger partial charge in [0.05, 0.1) is 29.1 Å². The smallest absolute Gasteiger partial charge is 0.240 e. The molecule has 0 bridgehead atoms. The number of para-hydroxylation sites is 2. The van der Waals surface area contributed by atoms with Gasteiger partial charge in [0.1, 0.15) is 6.54 Å². The van der Waals surface area contributed by atoms with E-state index in [1.807, 2.05) is 54.0 Å². The molecule has 106 valence electrons. The summed E-state index contributed by atoms with van der Waals surface area (Å²) < 4.78 is 1.84. The first-order chi connectivity index (χ1) is 10.2. The number of rotatable bonds is 4. The molecule has 0 aliphatic rings. The van der Waals surface area contributed by atoms with E-state index in [0.29, 0.717) is 0 Å². The van der Waals surface area contributed by atoms with Crippen LogP contribution < -0.4 is 5.32 Å². The van der Waals surface area contributed by atoms with Gasteiger partial charge in [-0.3, -0.25) is 9.78 Å². The first-order valence-corrected chi connectivity index (χ1v) is 6.84. The van der Waals surface area contributed by atoms with Crippen LogP contribution in [0.3, 0.4) is 0 Å². The third kappa shape index (κ3) is 2.91. The lowest BCUT2D eigenvalue weighted by Crippen LogP contribution is -2.30. The van der Waals surface area contributed by atoms with E-state index in [0.717, 1.165) is 16.7 Å². The van der Waals surface area contributed by atoms with E-state index in [1.54, 1.807) is 12.5 Å². The molecule has 0 spiro atoms. The fraction of sp³-hybridized carbons (Fsp3) is 0.188. The average Bonchev–Trinajstić information content (AvgIpc) is 2.91. The van der Waals surface area contributed by atoms with Gasteiger partial charge in [0.2, 0.25) is 5.91 Å². The summed E-state index contributed by atoms with van der Waals surface area (Å²) in [7, 11) is 0. The van der Waals surface area contributed by atoms with Crippen LogP contribution in [0.2, 0.25) is 0 Å². The molecule has 5 heteroatoms. The summed E-state index contributed by atoms with van der Waals surface area (Å²) >= 11 is 0. The van der Waals surface area contributed by atoms with E-state index < -0.39 is 0 Å². The predicted octanol–water partition coefficient (Wildman–Crippen LogP) is 2.31. The molecular weight excluding hydrogens is 264 g/mol. The first-order valence-electron chi connectivity index (χ1n) is 6.84. The summed E-state index contributed by atoms with van der Waals surface area (Å²) in [5.41, 5.74) is 2.70. The van der Waals surface area contributed by atoms with Crippen LogP contribution in [0.15, 0.2) is 55.0 Å². The second-order valence-corrected chi connectivity index (χ2v) is 4.90. The van der Waals surface area contributed by atoms with E-state index >= 15 is 0 Å². The molecule has 0 unspecified atom stereocenters. The molecular formula is C16H16N4O. The van der Waals surface area contributed by atoms with Gasteiger partial charge < -0.3 is 9.88 Å². The van der Waals surface area contributed by atoms with Gasteiger partial charge in [0.25, 0.3) is 0 Å². The van der Waals surface area contributed by atoms with Crippen LogP contribution in [0.25, 0.3) is 11.0 Å². The summed E-state index contributed by atoms with van der Waals surface area (Å²) in [5.74, 6) is -0.0590. The van der Waals surface area contributed by atoms with Crippen molar-refractivity contribution in [2.45, 2.75) is 19.5 Å². The minimum absolute atomic E-state index is 0.0590. The Morgan fingerprint density at radius 1 is 1.19 bits per heavy atom. The number of carbonyl (C=O) groups is 1. The fourth-order valence-electron chi connectivity index (χ4n) is 2.28. The van der Waals surface area contributed by atoms with Gasteiger partial charge in [-0.05, 0) is 31.2 Å². The molecule has 5 nitrogen and oxygen atoms in total. The molecule has 0 saturated carbocycles. The molecule has 3 aromatic rings. The molecule has 21 heavy (non-hydrogen) atoms. The molecule has 0 aliphatic heterocycles. The zero-order valence-corrected chi connectivity index (χ0v) is 11.7. The summed E-state index contributed by atoms with van der Waals surface area (Å²) in [6.45, 7) is 2.17. The lowest BCUT2D eigenvalue weighted by molar-refractivity contribution is -0.122. The highest BCUT2D eigenvalue weighted by Gasteiger charge is 2.11.